The Labute approximate surface area is 87.9 Å². The molecule has 0 bridgehead atoms. The predicted octanol–water partition coefficient (Wildman–Crippen LogP) is 1.63. The van der Waals surface area contributed by atoms with E-state index in [0.717, 1.165) is 10.7 Å². The Balaban J connectivity index is 2.93. The molecule has 78 valence electrons. The van der Waals surface area contributed by atoms with Gasteiger partial charge in [-0.15, -0.1) is 0 Å². The number of hydrogen-bond donors (Lipinski definition) is 2. The molecule has 0 atom stereocenters. The second kappa shape index (κ2) is 4.41. The van der Waals surface area contributed by atoms with Gasteiger partial charge in [0.15, 0.2) is 0 Å². The highest BCUT2D eigenvalue weighted by Crippen LogP contribution is 2.23. The predicted molar refractivity (Wildman–Crippen MR) is 59.0 cm³/mol. The minimum absolute atomic E-state index is 0.0596. The van der Waals surface area contributed by atoms with E-state index in [1.807, 2.05) is 20.8 Å². The summed E-state index contributed by atoms with van der Waals surface area (Å²) in [5.74, 6) is -0.0596. The first-order valence-electron chi connectivity index (χ1n) is 4.51. The molecule has 2 N–H and O–H groups in total. The van der Waals surface area contributed by atoms with Gasteiger partial charge in [-0.1, -0.05) is 0 Å². The van der Waals surface area contributed by atoms with Gasteiger partial charge in [0.2, 0.25) is 0 Å². The topological polar surface area (TPSA) is 54.0 Å². The molecule has 1 aromatic rings. The summed E-state index contributed by atoms with van der Waals surface area (Å²) in [6.07, 6.45) is 0. The van der Waals surface area contributed by atoms with Gasteiger partial charge in [0.05, 0.1) is 11.3 Å². The van der Waals surface area contributed by atoms with Crippen molar-refractivity contribution in [3.05, 3.63) is 11.3 Å². The fourth-order valence-corrected chi connectivity index (χ4v) is 1.88. The number of aryl methyl sites for hydroxylation is 1. The third-order valence-corrected chi connectivity index (χ3v) is 2.69. The highest BCUT2D eigenvalue weighted by atomic mass is 32.1. The lowest BCUT2D eigenvalue weighted by molar-refractivity contribution is 0.0943. The van der Waals surface area contributed by atoms with E-state index in [9.17, 15) is 4.79 Å². The van der Waals surface area contributed by atoms with Crippen molar-refractivity contribution in [2.24, 2.45) is 0 Å². The minimum atomic E-state index is -0.0596. The molecule has 0 aliphatic carbocycles. The van der Waals surface area contributed by atoms with Crippen LogP contribution in [0.4, 0.5) is 5.00 Å². The molecule has 1 heterocycles. The minimum Gasteiger partial charge on any atom is -0.378 e. The molecule has 0 saturated carbocycles. The molecule has 0 fully saturated rings. The summed E-state index contributed by atoms with van der Waals surface area (Å²) in [6, 6.07) is 0.145. The number of nitrogens with one attached hydrogen (secondary N) is 2. The first-order chi connectivity index (χ1) is 6.56. The van der Waals surface area contributed by atoms with Crippen molar-refractivity contribution in [2.75, 3.05) is 12.4 Å². The summed E-state index contributed by atoms with van der Waals surface area (Å²) in [5.41, 5.74) is 1.43. The van der Waals surface area contributed by atoms with Gasteiger partial charge < -0.3 is 10.6 Å². The van der Waals surface area contributed by atoms with Gasteiger partial charge in [0.25, 0.3) is 5.91 Å². The number of nitrogens with zero attached hydrogens (tertiary/aromatic N) is 1. The molecule has 0 unspecified atom stereocenters. The Kier molecular flexibility index (Phi) is 3.46. The van der Waals surface area contributed by atoms with Crippen LogP contribution in [-0.4, -0.2) is 23.4 Å². The van der Waals surface area contributed by atoms with E-state index >= 15 is 0 Å². The average molecular weight is 213 g/mol. The van der Waals surface area contributed by atoms with Crippen molar-refractivity contribution in [3.8, 4) is 0 Å². The highest BCUT2D eigenvalue weighted by molar-refractivity contribution is 7.10. The maximum Gasteiger partial charge on any atom is 0.256 e. The summed E-state index contributed by atoms with van der Waals surface area (Å²) in [7, 11) is 1.79. The van der Waals surface area contributed by atoms with Crippen molar-refractivity contribution in [1.29, 1.82) is 0 Å². The standard InChI is InChI=1S/C9H15N3OS/c1-5(2)11-8(13)7-6(3)12-14-9(7)10-4/h5,10H,1-4H3,(H,11,13). The Morgan fingerprint density at radius 3 is 2.64 bits per heavy atom. The summed E-state index contributed by atoms with van der Waals surface area (Å²) in [4.78, 5) is 11.7. The van der Waals surface area contributed by atoms with E-state index in [0.29, 0.717) is 5.56 Å². The van der Waals surface area contributed by atoms with Crippen molar-refractivity contribution in [2.45, 2.75) is 26.8 Å². The Morgan fingerprint density at radius 1 is 1.50 bits per heavy atom. The molecule has 1 aromatic heterocycles. The average Bonchev–Trinajstić information content (AvgIpc) is 2.45. The van der Waals surface area contributed by atoms with E-state index in [1.165, 1.54) is 11.5 Å². The maximum atomic E-state index is 11.7. The van der Waals surface area contributed by atoms with Gasteiger partial charge >= 0.3 is 0 Å². The molecule has 0 spiro atoms. The fraction of sp³-hybridized carbons (Fsp3) is 0.556. The summed E-state index contributed by atoms with van der Waals surface area (Å²) in [5, 5.41) is 6.63. The highest BCUT2D eigenvalue weighted by Gasteiger charge is 2.17. The van der Waals surface area contributed by atoms with E-state index in [1.54, 1.807) is 7.05 Å². The normalized spacial score (nSPS) is 10.4. The molecule has 0 radical (unpaired) electrons. The van der Waals surface area contributed by atoms with Gasteiger partial charge in [-0.25, -0.2) is 0 Å². The van der Waals surface area contributed by atoms with Crippen LogP contribution in [0.5, 0.6) is 0 Å². The van der Waals surface area contributed by atoms with Gasteiger partial charge in [0, 0.05) is 13.1 Å². The Morgan fingerprint density at radius 2 is 2.14 bits per heavy atom. The quantitative estimate of drug-likeness (QED) is 0.802. The van der Waals surface area contributed by atoms with Gasteiger partial charge in [-0.2, -0.15) is 4.37 Å². The maximum absolute atomic E-state index is 11.7. The van der Waals surface area contributed by atoms with E-state index in [2.05, 4.69) is 15.0 Å². The van der Waals surface area contributed by atoms with E-state index < -0.39 is 0 Å². The number of carbonyl (C=O) groups excluding carboxylic acids is 1. The first-order valence-corrected chi connectivity index (χ1v) is 5.28. The van der Waals surface area contributed by atoms with E-state index in [-0.39, 0.29) is 11.9 Å². The zero-order valence-corrected chi connectivity index (χ0v) is 9.66. The molecule has 4 nitrogen and oxygen atoms in total. The van der Waals surface area contributed by atoms with Crippen LogP contribution in [0.25, 0.3) is 0 Å². The van der Waals surface area contributed by atoms with Crippen molar-refractivity contribution in [3.63, 3.8) is 0 Å². The van der Waals surface area contributed by atoms with E-state index in [4.69, 9.17) is 0 Å². The van der Waals surface area contributed by atoms with Gasteiger partial charge in [-0.3, -0.25) is 4.79 Å². The van der Waals surface area contributed by atoms with Crippen LogP contribution < -0.4 is 10.6 Å². The lowest BCUT2D eigenvalue weighted by Crippen LogP contribution is -2.30. The number of anilines is 1. The van der Waals surface area contributed by atoms with Crippen molar-refractivity contribution >= 4 is 22.4 Å². The lowest BCUT2D eigenvalue weighted by atomic mass is 10.2. The van der Waals surface area contributed by atoms with Crippen LogP contribution in [-0.2, 0) is 0 Å². The summed E-state index contributed by atoms with van der Waals surface area (Å²) >= 11 is 1.31. The molecule has 14 heavy (non-hydrogen) atoms. The van der Waals surface area contributed by atoms with Crippen molar-refractivity contribution < 1.29 is 4.79 Å². The molecule has 1 amide bonds. The second-order valence-corrected chi connectivity index (χ2v) is 4.12. The fourth-order valence-electron chi connectivity index (χ4n) is 1.14. The SMILES string of the molecule is CNc1snc(C)c1C(=O)NC(C)C. The van der Waals surface area contributed by atoms with Crippen LogP contribution in [0.3, 0.4) is 0 Å². The van der Waals surface area contributed by atoms with Crippen LogP contribution in [0.1, 0.15) is 29.9 Å². The van der Waals surface area contributed by atoms with Crippen molar-refractivity contribution in [1.82, 2.24) is 9.69 Å². The van der Waals surface area contributed by atoms with Gasteiger partial charge in [-0.05, 0) is 32.3 Å². The number of hydrogen-bond acceptors (Lipinski definition) is 4. The number of aromatic nitrogens is 1. The second-order valence-electron chi connectivity index (χ2n) is 3.35. The summed E-state index contributed by atoms with van der Waals surface area (Å²) in [6.45, 7) is 5.71. The third kappa shape index (κ3) is 2.23. The molecular weight excluding hydrogens is 198 g/mol. The molecule has 0 aromatic carbocycles. The molecule has 1 rings (SSSR count). The largest absolute Gasteiger partial charge is 0.378 e. The molecule has 5 heteroatoms. The van der Waals surface area contributed by atoms with Gasteiger partial charge in [0.1, 0.15) is 5.00 Å². The number of carbonyl (C=O) groups is 1. The summed E-state index contributed by atoms with van der Waals surface area (Å²) < 4.78 is 4.13. The van der Waals surface area contributed by atoms with Crippen LogP contribution in [0.15, 0.2) is 0 Å². The third-order valence-electron chi connectivity index (χ3n) is 1.74. The molecule has 0 aliphatic rings. The Hall–Kier alpha value is -1.10. The zero-order valence-electron chi connectivity index (χ0n) is 8.84. The zero-order chi connectivity index (χ0) is 10.7. The Bertz CT molecular complexity index is 333. The molecular formula is C9H15N3OS. The molecule has 0 saturated heterocycles. The first kappa shape index (κ1) is 11.0. The number of amides is 1. The monoisotopic (exact) mass is 213 g/mol. The molecule has 0 aliphatic heterocycles. The number of rotatable bonds is 3. The van der Waals surface area contributed by atoms with Crippen LogP contribution >= 0.6 is 11.5 Å². The van der Waals surface area contributed by atoms with Crippen LogP contribution in [0, 0.1) is 6.92 Å². The lowest BCUT2D eigenvalue weighted by Gasteiger charge is -2.08. The smallest absolute Gasteiger partial charge is 0.256 e. The van der Waals surface area contributed by atoms with Crippen LogP contribution in [0.2, 0.25) is 0 Å².